The van der Waals surface area contributed by atoms with Crippen molar-refractivity contribution >= 4 is 39.4 Å². The van der Waals surface area contributed by atoms with Crippen molar-refractivity contribution in [3.8, 4) is 11.3 Å². The highest BCUT2D eigenvalue weighted by atomic mass is 28.3. The van der Waals surface area contributed by atoms with Gasteiger partial charge in [0.15, 0.2) is 0 Å². The Morgan fingerprint density at radius 2 is 1.19 bits per heavy atom. The lowest BCUT2D eigenvalue weighted by Gasteiger charge is -2.29. The van der Waals surface area contributed by atoms with Crippen LogP contribution in [-0.2, 0) is 32.4 Å². The minimum Gasteiger partial charge on any atom is -0.444 e. The number of likely N-dealkylation sites (tertiary alicyclic amines) is 2. The van der Waals surface area contributed by atoms with E-state index in [4.69, 9.17) is 28.9 Å². The molecule has 0 spiro atoms. The lowest BCUT2D eigenvalue weighted by molar-refractivity contribution is 0.0195. The van der Waals surface area contributed by atoms with Gasteiger partial charge in [-0.1, -0.05) is 69.6 Å². The number of nitrogens with zero attached hydrogens (tertiary/aromatic N) is 6. The summed E-state index contributed by atoms with van der Waals surface area (Å²) in [7, 11) is -2.56. The predicted molar refractivity (Wildman–Crippen MR) is 256 cm³/mol. The van der Waals surface area contributed by atoms with Gasteiger partial charge in [-0.25, -0.2) is 19.6 Å². The zero-order valence-electron chi connectivity index (χ0n) is 40.3. The average molecular weight is 899 g/mol. The lowest BCUT2D eigenvalue weighted by Crippen LogP contribution is -2.37. The summed E-state index contributed by atoms with van der Waals surface area (Å²) < 4.78 is 28.8. The van der Waals surface area contributed by atoms with E-state index < -0.39 is 27.3 Å². The summed E-state index contributed by atoms with van der Waals surface area (Å²) in [5, 5.41) is 0. The molecule has 2 amide bonds. The Labute approximate surface area is 378 Å². The normalized spacial score (nSPS) is 20.8. The molecule has 12 nitrogen and oxygen atoms in total. The van der Waals surface area contributed by atoms with E-state index in [1.165, 1.54) is 11.1 Å². The van der Waals surface area contributed by atoms with Gasteiger partial charge in [0.2, 0.25) is 0 Å². The molecule has 63 heavy (non-hydrogen) atoms. The number of carbonyl (C=O) groups is 2. The number of fused-ring (bicyclic) bond motifs is 1. The minimum atomic E-state index is -1.28. The van der Waals surface area contributed by atoms with Crippen LogP contribution in [0.5, 0.6) is 0 Å². The SMILES string of the molecule is CC(C)(C)OC(=O)N1CCCC1c1ncc(-c2ccc(C3CC3c3ccc4nc([C@@H]5CCCN5C(=O)OC(C)(C)C)n(COCC[Si](C)(C)C)c4c3)cc2)n1COCC[Si](C)(C)C. The van der Waals surface area contributed by atoms with E-state index in [0.29, 0.717) is 51.6 Å². The van der Waals surface area contributed by atoms with Gasteiger partial charge in [-0.05, 0) is 126 Å². The van der Waals surface area contributed by atoms with E-state index in [1.54, 1.807) is 0 Å². The maximum Gasteiger partial charge on any atom is 0.410 e. The summed E-state index contributed by atoms with van der Waals surface area (Å²) in [6.45, 7) is 29.1. The molecule has 14 heteroatoms. The van der Waals surface area contributed by atoms with E-state index >= 15 is 0 Å². The van der Waals surface area contributed by atoms with Crippen molar-refractivity contribution in [2.45, 2.75) is 174 Å². The molecule has 344 valence electrons. The third-order valence-corrected chi connectivity index (χ3v) is 15.7. The van der Waals surface area contributed by atoms with Crippen LogP contribution in [0.1, 0.15) is 120 Å². The van der Waals surface area contributed by atoms with Crippen LogP contribution in [0.15, 0.2) is 48.7 Å². The molecule has 0 bridgehead atoms. The van der Waals surface area contributed by atoms with Crippen molar-refractivity contribution in [3.63, 3.8) is 0 Å². The number of amides is 2. The number of rotatable bonds is 15. The van der Waals surface area contributed by atoms with Crippen LogP contribution in [0.25, 0.3) is 22.3 Å². The van der Waals surface area contributed by atoms with Crippen LogP contribution in [0.3, 0.4) is 0 Å². The van der Waals surface area contributed by atoms with Gasteiger partial charge >= 0.3 is 12.2 Å². The third kappa shape index (κ3) is 11.8. The van der Waals surface area contributed by atoms with Crippen molar-refractivity contribution < 1.29 is 28.5 Å². The zero-order chi connectivity index (χ0) is 45.5. The van der Waals surface area contributed by atoms with E-state index in [0.717, 1.165) is 78.1 Å². The van der Waals surface area contributed by atoms with Crippen LogP contribution in [-0.4, -0.2) is 94.7 Å². The summed E-state index contributed by atoms with van der Waals surface area (Å²) in [6, 6.07) is 17.5. The van der Waals surface area contributed by atoms with Crippen LogP contribution in [0, 0.1) is 0 Å². The number of aromatic nitrogens is 4. The Hall–Kier alpha value is -3.99. The van der Waals surface area contributed by atoms with Gasteiger partial charge < -0.3 is 28.1 Å². The Morgan fingerprint density at radius 1 is 0.683 bits per heavy atom. The number of benzene rings is 2. The first kappa shape index (κ1) is 47.0. The maximum absolute atomic E-state index is 13.4. The first-order valence-corrected chi connectivity index (χ1v) is 30.8. The molecule has 1 aliphatic carbocycles. The first-order valence-electron chi connectivity index (χ1n) is 23.4. The zero-order valence-corrected chi connectivity index (χ0v) is 42.3. The fraction of sp³-hybridized carbons (Fsp3) is 0.633. The Kier molecular flexibility index (Phi) is 13.8. The highest BCUT2D eigenvalue weighted by molar-refractivity contribution is 6.76. The number of ether oxygens (including phenoxy) is 4. The minimum absolute atomic E-state index is 0.172. The molecule has 0 N–H and O–H groups in total. The summed E-state index contributed by atoms with van der Waals surface area (Å²) in [5.41, 5.74) is 5.50. The smallest absolute Gasteiger partial charge is 0.410 e. The molecule has 7 rings (SSSR count). The molecule has 2 saturated heterocycles. The van der Waals surface area contributed by atoms with Crippen molar-refractivity contribution in [1.82, 2.24) is 28.9 Å². The second kappa shape index (κ2) is 18.5. The highest BCUT2D eigenvalue weighted by Gasteiger charge is 2.41. The molecular weight excluding hydrogens is 825 g/mol. The number of hydrogen-bond donors (Lipinski definition) is 0. The molecular formula is C49H74N6O6Si2. The van der Waals surface area contributed by atoms with E-state index in [-0.39, 0.29) is 24.3 Å². The fourth-order valence-electron chi connectivity index (χ4n) is 8.85. The second-order valence-electron chi connectivity index (χ2n) is 22.5. The number of imidazole rings is 2. The fourth-order valence-corrected chi connectivity index (χ4v) is 10.4. The van der Waals surface area contributed by atoms with Crippen molar-refractivity contribution in [3.05, 3.63) is 71.4 Å². The maximum atomic E-state index is 13.4. The molecule has 2 aliphatic heterocycles. The molecule has 0 radical (unpaired) electrons. The standard InChI is InChI=1S/C49H74N6O6Si2/c1-48(2,3)60-46(56)52-23-13-15-40(52)44-50-31-43(55(44)33-59-26-28-63(10,11)12)35-19-17-34(18-20-35)37-30-38(37)36-21-22-39-42(29-36)54(32-58-25-27-62(7,8)9)45(51-39)41-16-14-24-53(41)47(57)61-49(4,5)6/h17-22,29,31,37-38,40-41H,13-16,23-28,30,32-33H2,1-12H3/t37?,38?,40?,41-/m0/s1. The Bertz CT molecular complexity index is 2230. The largest absolute Gasteiger partial charge is 0.444 e. The van der Waals surface area contributed by atoms with E-state index in [2.05, 4.69) is 90.9 Å². The van der Waals surface area contributed by atoms with Crippen molar-refractivity contribution in [2.24, 2.45) is 0 Å². The van der Waals surface area contributed by atoms with E-state index in [1.807, 2.05) is 57.5 Å². The van der Waals surface area contributed by atoms with Gasteiger partial charge in [-0.3, -0.25) is 9.80 Å². The molecule has 4 atom stereocenters. The van der Waals surface area contributed by atoms with Crippen molar-refractivity contribution in [1.29, 1.82) is 0 Å². The second-order valence-corrected chi connectivity index (χ2v) is 33.7. The first-order chi connectivity index (χ1) is 29.6. The molecule has 3 unspecified atom stereocenters. The van der Waals surface area contributed by atoms with Crippen LogP contribution in [0.2, 0.25) is 51.4 Å². The Balaban J connectivity index is 1.12. The van der Waals surface area contributed by atoms with Gasteiger partial charge in [0.1, 0.15) is 36.3 Å². The van der Waals surface area contributed by atoms with Gasteiger partial charge in [-0.2, -0.15) is 0 Å². The lowest BCUT2D eigenvalue weighted by atomic mass is 10.0. The molecule has 4 heterocycles. The highest BCUT2D eigenvalue weighted by Crippen LogP contribution is 2.55. The van der Waals surface area contributed by atoms with Crippen LogP contribution in [0.4, 0.5) is 9.59 Å². The van der Waals surface area contributed by atoms with E-state index in [9.17, 15) is 9.59 Å². The number of hydrogen-bond acceptors (Lipinski definition) is 8. The van der Waals surface area contributed by atoms with Crippen LogP contribution < -0.4 is 0 Å². The molecule has 3 aliphatic rings. The average Bonchev–Trinajstić information content (AvgIpc) is 3.59. The molecule has 4 aromatic rings. The topological polar surface area (TPSA) is 113 Å². The Morgan fingerprint density at radius 3 is 1.73 bits per heavy atom. The molecule has 2 aromatic carbocycles. The summed E-state index contributed by atoms with van der Waals surface area (Å²) in [5.74, 6) is 2.51. The van der Waals surface area contributed by atoms with Gasteiger partial charge in [-0.15, -0.1) is 0 Å². The van der Waals surface area contributed by atoms with Gasteiger partial charge in [0.25, 0.3) is 0 Å². The van der Waals surface area contributed by atoms with Crippen molar-refractivity contribution in [2.75, 3.05) is 26.3 Å². The van der Waals surface area contributed by atoms with Crippen LogP contribution >= 0.6 is 0 Å². The summed E-state index contributed by atoms with van der Waals surface area (Å²) in [4.78, 5) is 40.6. The third-order valence-electron chi connectivity index (χ3n) is 12.3. The quantitative estimate of drug-likeness (QED) is 0.0856. The predicted octanol–water partition coefficient (Wildman–Crippen LogP) is 11.9. The van der Waals surface area contributed by atoms with Gasteiger partial charge in [0, 0.05) is 42.5 Å². The summed E-state index contributed by atoms with van der Waals surface area (Å²) in [6.07, 6.45) is 5.90. The van der Waals surface area contributed by atoms with Gasteiger partial charge in [0.05, 0.1) is 35.0 Å². The monoisotopic (exact) mass is 899 g/mol. The molecule has 2 aromatic heterocycles. The molecule has 3 fully saturated rings. The molecule has 1 saturated carbocycles. The number of carbonyl (C=O) groups excluding carboxylic acids is 2. The summed E-state index contributed by atoms with van der Waals surface area (Å²) >= 11 is 0.